The molecule has 0 spiro atoms. The zero-order valence-electron chi connectivity index (χ0n) is 8.26. The molecule has 0 radical (unpaired) electrons. The number of aldehydes is 1. The van der Waals surface area contributed by atoms with Gasteiger partial charge in [0.1, 0.15) is 6.29 Å². The summed E-state index contributed by atoms with van der Waals surface area (Å²) < 4.78 is 0. The molecule has 0 amide bonds. The monoisotopic (exact) mass is 169 g/mol. The summed E-state index contributed by atoms with van der Waals surface area (Å²) in [6, 6.07) is 0.556. The molecule has 1 fully saturated rings. The normalized spacial score (nSPS) is 30.6. The van der Waals surface area contributed by atoms with Gasteiger partial charge in [-0.05, 0) is 40.0 Å². The van der Waals surface area contributed by atoms with Crippen LogP contribution in [0.1, 0.15) is 40.0 Å². The zero-order valence-corrected chi connectivity index (χ0v) is 8.26. The molecule has 0 aromatic carbocycles. The molecule has 0 saturated heterocycles. The van der Waals surface area contributed by atoms with Gasteiger partial charge >= 0.3 is 0 Å². The molecular weight excluding hydrogens is 150 g/mol. The number of nitrogens with one attached hydrogen (secondary N) is 1. The molecule has 1 saturated carbocycles. The molecule has 1 aliphatic carbocycles. The van der Waals surface area contributed by atoms with Crippen LogP contribution in [0.15, 0.2) is 0 Å². The lowest BCUT2D eigenvalue weighted by Gasteiger charge is -2.25. The standard InChI is InChI=1S/C10H19NO/c1-10(2,3)11-9-5-4-8(6-9)7-12/h7-9,11H,4-6H2,1-3H3/t8-,9+/m0/s1. The van der Waals surface area contributed by atoms with Gasteiger partial charge in [-0.15, -0.1) is 0 Å². The fourth-order valence-corrected chi connectivity index (χ4v) is 1.88. The quantitative estimate of drug-likeness (QED) is 0.638. The first-order valence-corrected chi connectivity index (χ1v) is 4.74. The van der Waals surface area contributed by atoms with E-state index in [4.69, 9.17) is 0 Å². The third-order valence-corrected chi connectivity index (χ3v) is 2.30. The fraction of sp³-hybridized carbons (Fsp3) is 0.900. The number of carbonyl (C=O) groups excluding carboxylic acids is 1. The van der Waals surface area contributed by atoms with Gasteiger partial charge in [-0.3, -0.25) is 0 Å². The second-order valence-corrected chi connectivity index (χ2v) is 4.80. The third-order valence-electron chi connectivity index (χ3n) is 2.30. The third kappa shape index (κ3) is 2.94. The number of carbonyl (C=O) groups is 1. The van der Waals surface area contributed by atoms with Gasteiger partial charge < -0.3 is 10.1 Å². The van der Waals surface area contributed by atoms with E-state index in [2.05, 4.69) is 26.1 Å². The molecule has 2 nitrogen and oxygen atoms in total. The van der Waals surface area contributed by atoms with Crippen molar-refractivity contribution in [1.82, 2.24) is 5.32 Å². The van der Waals surface area contributed by atoms with Crippen molar-refractivity contribution in [3.63, 3.8) is 0 Å². The molecule has 70 valence electrons. The van der Waals surface area contributed by atoms with Crippen LogP contribution in [0.3, 0.4) is 0 Å². The highest BCUT2D eigenvalue weighted by Gasteiger charge is 2.26. The van der Waals surface area contributed by atoms with E-state index >= 15 is 0 Å². The summed E-state index contributed by atoms with van der Waals surface area (Å²) in [5.41, 5.74) is 0.183. The van der Waals surface area contributed by atoms with Gasteiger partial charge in [-0.25, -0.2) is 0 Å². The first-order chi connectivity index (χ1) is 5.51. The number of hydrogen-bond donors (Lipinski definition) is 1. The molecule has 2 atom stereocenters. The summed E-state index contributed by atoms with van der Waals surface area (Å²) in [5, 5.41) is 3.52. The van der Waals surface area contributed by atoms with Crippen LogP contribution in [0.4, 0.5) is 0 Å². The Morgan fingerprint density at radius 1 is 1.33 bits per heavy atom. The van der Waals surface area contributed by atoms with Crippen molar-refractivity contribution < 1.29 is 4.79 Å². The Labute approximate surface area is 74.7 Å². The molecule has 0 aliphatic heterocycles. The van der Waals surface area contributed by atoms with Gasteiger partial charge in [0.2, 0.25) is 0 Å². The Bertz CT molecular complexity index is 160. The van der Waals surface area contributed by atoms with E-state index in [1.807, 2.05) is 0 Å². The van der Waals surface area contributed by atoms with E-state index in [1.165, 1.54) is 0 Å². The lowest BCUT2D eigenvalue weighted by Crippen LogP contribution is -2.42. The van der Waals surface area contributed by atoms with Crippen LogP contribution in [0.2, 0.25) is 0 Å². The Morgan fingerprint density at radius 2 is 2.00 bits per heavy atom. The van der Waals surface area contributed by atoms with Crippen molar-refractivity contribution in [2.75, 3.05) is 0 Å². The van der Waals surface area contributed by atoms with Crippen molar-refractivity contribution in [2.45, 2.75) is 51.6 Å². The van der Waals surface area contributed by atoms with Gasteiger partial charge in [0.25, 0.3) is 0 Å². The Balaban J connectivity index is 2.33. The second-order valence-electron chi connectivity index (χ2n) is 4.80. The maximum Gasteiger partial charge on any atom is 0.123 e. The zero-order chi connectivity index (χ0) is 9.19. The van der Waals surface area contributed by atoms with Crippen molar-refractivity contribution >= 4 is 6.29 Å². The molecule has 1 N–H and O–H groups in total. The SMILES string of the molecule is CC(C)(C)N[C@@H]1CC[C@H](C=O)C1. The molecular formula is C10H19NO. The Hall–Kier alpha value is -0.370. The number of rotatable bonds is 2. The minimum absolute atomic E-state index is 0.183. The van der Waals surface area contributed by atoms with E-state index in [0.717, 1.165) is 25.5 Å². The molecule has 2 heteroatoms. The van der Waals surface area contributed by atoms with E-state index in [9.17, 15) is 4.79 Å². The van der Waals surface area contributed by atoms with Crippen LogP contribution in [-0.4, -0.2) is 17.9 Å². The van der Waals surface area contributed by atoms with Crippen LogP contribution >= 0.6 is 0 Å². The van der Waals surface area contributed by atoms with Gasteiger partial charge in [-0.1, -0.05) is 0 Å². The maximum absolute atomic E-state index is 10.5. The van der Waals surface area contributed by atoms with Crippen molar-refractivity contribution in [2.24, 2.45) is 5.92 Å². The smallest absolute Gasteiger partial charge is 0.123 e. The predicted molar refractivity (Wildman–Crippen MR) is 50.1 cm³/mol. The van der Waals surface area contributed by atoms with Gasteiger partial charge in [-0.2, -0.15) is 0 Å². The lowest BCUT2D eigenvalue weighted by molar-refractivity contribution is -0.110. The first kappa shape index (κ1) is 9.72. The summed E-state index contributed by atoms with van der Waals surface area (Å²) in [4.78, 5) is 10.5. The topological polar surface area (TPSA) is 29.1 Å². The molecule has 12 heavy (non-hydrogen) atoms. The van der Waals surface area contributed by atoms with Gasteiger partial charge in [0.05, 0.1) is 0 Å². The minimum atomic E-state index is 0.183. The Kier molecular flexibility index (Phi) is 2.89. The molecule has 1 aliphatic rings. The average Bonchev–Trinajstić information content (AvgIpc) is 2.32. The van der Waals surface area contributed by atoms with Crippen LogP contribution in [0.25, 0.3) is 0 Å². The average molecular weight is 169 g/mol. The molecule has 0 aromatic rings. The molecule has 0 unspecified atom stereocenters. The van der Waals surface area contributed by atoms with Crippen LogP contribution < -0.4 is 5.32 Å². The van der Waals surface area contributed by atoms with Crippen LogP contribution in [0.5, 0.6) is 0 Å². The highest BCUT2D eigenvalue weighted by atomic mass is 16.1. The second kappa shape index (κ2) is 3.56. The summed E-state index contributed by atoms with van der Waals surface area (Å²) >= 11 is 0. The van der Waals surface area contributed by atoms with Crippen molar-refractivity contribution in [1.29, 1.82) is 0 Å². The highest BCUT2D eigenvalue weighted by Crippen LogP contribution is 2.25. The minimum Gasteiger partial charge on any atom is -0.309 e. The molecule has 0 aromatic heterocycles. The summed E-state index contributed by atoms with van der Waals surface area (Å²) in [5.74, 6) is 0.310. The lowest BCUT2D eigenvalue weighted by atomic mass is 10.1. The maximum atomic E-state index is 10.5. The summed E-state index contributed by atoms with van der Waals surface area (Å²) in [6.07, 6.45) is 4.35. The van der Waals surface area contributed by atoms with E-state index in [0.29, 0.717) is 12.0 Å². The Morgan fingerprint density at radius 3 is 2.42 bits per heavy atom. The van der Waals surface area contributed by atoms with Crippen LogP contribution in [-0.2, 0) is 4.79 Å². The largest absolute Gasteiger partial charge is 0.309 e. The summed E-state index contributed by atoms with van der Waals surface area (Å²) in [7, 11) is 0. The summed E-state index contributed by atoms with van der Waals surface area (Å²) in [6.45, 7) is 6.50. The van der Waals surface area contributed by atoms with E-state index in [-0.39, 0.29) is 5.54 Å². The first-order valence-electron chi connectivity index (χ1n) is 4.74. The van der Waals surface area contributed by atoms with Gasteiger partial charge in [0, 0.05) is 17.5 Å². The molecule has 1 rings (SSSR count). The van der Waals surface area contributed by atoms with Crippen LogP contribution in [0, 0.1) is 5.92 Å². The molecule has 0 heterocycles. The fourth-order valence-electron chi connectivity index (χ4n) is 1.88. The highest BCUT2D eigenvalue weighted by molar-refractivity contribution is 5.54. The predicted octanol–water partition coefficient (Wildman–Crippen LogP) is 1.74. The van der Waals surface area contributed by atoms with E-state index < -0.39 is 0 Å². The number of hydrogen-bond acceptors (Lipinski definition) is 2. The molecule has 0 bridgehead atoms. The van der Waals surface area contributed by atoms with E-state index in [1.54, 1.807) is 0 Å². The van der Waals surface area contributed by atoms with Crippen molar-refractivity contribution in [3.8, 4) is 0 Å². The van der Waals surface area contributed by atoms with Crippen molar-refractivity contribution in [3.05, 3.63) is 0 Å². The van der Waals surface area contributed by atoms with Gasteiger partial charge in [0.15, 0.2) is 0 Å².